The zero-order valence-corrected chi connectivity index (χ0v) is 20.7. The van der Waals surface area contributed by atoms with Crippen molar-refractivity contribution in [1.29, 1.82) is 0 Å². The predicted molar refractivity (Wildman–Crippen MR) is 122 cm³/mol. The number of alkyl halides is 2. The molecule has 7 heteroatoms. The van der Waals surface area contributed by atoms with Crippen LogP contribution in [0.4, 0.5) is 0 Å². The third kappa shape index (κ3) is 2.61. The number of hydrogen-bond donors (Lipinski definition) is 2. The molecule has 168 valence electrons. The highest BCUT2D eigenvalue weighted by Gasteiger charge is 2.69. The molecule has 31 heavy (non-hydrogen) atoms. The fraction of sp³-hybridized carbons (Fsp3) is 0.667. The van der Waals surface area contributed by atoms with Crippen molar-refractivity contribution in [1.82, 2.24) is 5.32 Å². The van der Waals surface area contributed by atoms with Crippen LogP contribution in [0, 0.1) is 22.7 Å². The Balaban J connectivity index is 1.75. The summed E-state index contributed by atoms with van der Waals surface area (Å²) in [5.41, 5.74) is 1.22. The van der Waals surface area contributed by atoms with Crippen LogP contribution in [-0.2, 0) is 13.0 Å². The number of amides is 1. The van der Waals surface area contributed by atoms with Gasteiger partial charge in [-0.3, -0.25) is 4.79 Å². The fourth-order valence-corrected chi connectivity index (χ4v) is 8.27. The Bertz CT molecular complexity index is 1010. The van der Waals surface area contributed by atoms with Gasteiger partial charge in [0.15, 0.2) is 0 Å². The first kappa shape index (κ1) is 21.6. The molecule has 1 aromatic rings. The molecule has 1 spiro atoms. The number of aromatic carboxylic acids is 1. The Morgan fingerprint density at radius 3 is 2.71 bits per heavy atom. The minimum Gasteiger partial charge on any atom is -0.486 e. The average Bonchev–Trinajstić information content (AvgIpc) is 3.07. The maximum absolute atomic E-state index is 12.5. The molecule has 1 aromatic carbocycles. The van der Waals surface area contributed by atoms with Crippen LogP contribution in [0.15, 0.2) is 6.07 Å². The van der Waals surface area contributed by atoms with Crippen LogP contribution < -0.4 is 10.1 Å². The molecule has 2 heterocycles. The second-order valence-electron chi connectivity index (χ2n) is 10.8. The molecule has 2 saturated carbocycles. The van der Waals surface area contributed by atoms with Crippen LogP contribution in [0.1, 0.15) is 78.8 Å². The molecular weight excluding hydrogens is 482 g/mol. The van der Waals surface area contributed by atoms with E-state index in [1.165, 1.54) is 0 Å². The van der Waals surface area contributed by atoms with Crippen molar-refractivity contribution in [2.45, 2.75) is 75.7 Å². The lowest BCUT2D eigenvalue weighted by Gasteiger charge is -2.67. The first-order valence-electron chi connectivity index (χ1n) is 11.1. The monoisotopic (exact) mass is 509 g/mol. The Hall–Kier alpha value is -1.27. The molecule has 0 radical (unpaired) electrons. The van der Waals surface area contributed by atoms with E-state index in [4.69, 9.17) is 16.3 Å². The fourth-order valence-electron chi connectivity index (χ4n) is 7.21. The summed E-state index contributed by atoms with van der Waals surface area (Å²) in [4.78, 5) is 24.6. The van der Waals surface area contributed by atoms with Crippen LogP contribution in [0.2, 0.25) is 0 Å². The van der Waals surface area contributed by atoms with E-state index < -0.39 is 11.6 Å². The van der Waals surface area contributed by atoms with Crippen molar-refractivity contribution >= 4 is 39.4 Å². The van der Waals surface area contributed by atoms with Crippen molar-refractivity contribution in [3.8, 4) is 5.75 Å². The summed E-state index contributed by atoms with van der Waals surface area (Å²) in [6, 6.07) is 1.68. The Morgan fingerprint density at radius 1 is 1.32 bits per heavy atom. The molecule has 2 unspecified atom stereocenters. The van der Waals surface area contributed by atoms with Gasteiger partial charge in [-0.15, -0.1) is 11.6 Å². The van der Waals surface area contributed by atoms with Gasteiger partial charge < -0.3 is 15.2 Å². The molecule has 5 rings (SSSR count). The largest absolute Gasteiger partial charge is 0.486 e. The van der Waals surface area contributed by atoms with Gasteiger partial charge in [-0.2, -0.15) is 0 Å². The van der Waals surface area contributed by atoms with Gasteiger partial charge in [0.25, 0.3) is 5.91 Å². The van der Waals surface area contributed by atoms with Crippen molar-refractivity contribution < 1.29 is 19.4 Å². The first-order chi connectivity index (χ1) is 14.4. The number of ether oxygens (including phenoxy) is 1. The van der Waals surface area contributed by atoms with Crippen molar-refractivity contribution in [2.24, 2.45) is 22.7 Å². The van der Waals surface area contributed by atoms with E-state index in [2.05, 4.69) is 48.9 Å². The van der Waals surface area contributed by atoms with E-state index in [1.807, 2.05) is 0 Å². The molecule has 0 saturated heterocycles. The number of fused-ring (bicyclic) bond motifs is 3. The third-order valence-corrected chi connectivity index (χ3v) is 11.6. The highest BCUT2D eigenvalue weighted by Crippen LogP contribution is 2.67. The number of nitrogens with one attached hydrogen (secondary N) is 1. The number of halogens is 2. The summed E-state index contributed by atoms with van der Waals surface area (Å²) < 4.78 is 7.09. The smallest absolute Gasteiger partial charge is 0.336 e. The average molecular weight is 511 g/mol. The first-order valence-corrected chi connectivity index (χ1v) is 12.5. The summed E-state index contributed by atoms with van der Waals surface area (Å²) >= 11 is 10.8. The van der Waals surface area contributed by atoms with Crippen molar-refractivity contribution in [3.63, 3.8) is 0 Å². The van der Waals surface area contributed by atoms with Crippen LogP contribution in [0.25, 0.3) is 0 Å². The zero-order chi connectivity index (χ0) is 22.5. The Labute approximate surface area is 196 Å². The second kappa shape index (κ2) is 6.63. The summed E-state index contributed by atoms with van der Waals surface area (Å²) in [6.45, 7) is 9.47. The number of carbonyl (C=O) groups excluding carboxylic acids is 1. The van der Waals surface area contributed by atoms with Crippen LogP contribution >= 0.6 is 27.5 Å². The zero-order valence-electron chi connectivity index (χ0n) is 18.4. The Morgan fingerprint density at radius 2 is 2.03 bits per heavy atom. The van der Waals surface area contributed by atoms with Gasteiger partial charge in [0.1, 0.15) is 11.4 Å². The molecule has 2 aliphatic carbocycles. The minimum absolute atomic E-state index is 0.0676. The number of carboxylic acids is 1. The summed E-state index contributed by atoms with van der Waals surface area (Å²) in [5, 5.41) is 12.5. The van der Waals surface area contributed by atoms with Gasteiger partial charge in [-0.05, 0) is 42.2 Å². The van der Waals surface area contributed by atoms with Gasteiger partial charge in [-0.1, -0.05) is 43.6 Å². The highest BCUT2D eigenvalue weighted by molar-refractivity contribution is 9.09. The Kier molecular flexibility index (Phi) is 4.61. The lowest BCUT2D eigenvalue weighted by Crippen LogP contribution is -2.71. The van der Waals surface area contributed by atoms with Gasteiger partial charge in [0.05, 0.1) is 16.5 Å². The van der Waals surface area contributed by atoms with E-state index in [1.54, 1.807) is 6.07 Å². The minimum atomic E-state index is -1.07. The second-order valence-corrected chi connectivity index (χ2v) is 12.4. The lowest BCUT2D eigenvalue weighted by atomic mass is 9.44. The van der Waals surface area contributed by atoms with Gasteiger partial charge in [0.2, 0.25) is 0 Å². The maximum Gasteiger partial charge on any atom is 0.336 e. The van der Waals surface area contributed by atoms with Gasteiger partial charge in [0, 0.05) is 34.7 Å². The van der Waals surface area contributed by atoms with Crippen molar-refractivity contribution in [3.05, 3.63) is 28.3 Å². The van der Waals surface area contributed by atoms with E-state index in [9.17, 15) is 14.7 Å². The number of carboxylic acid groups (broad SMARTS) is 1. The number of rotatable bonds is 1. The topological polar surface area (TPSA) is 75.6 Å². The number of benzene rings is 1. The SMILES string of the molecule is C[C@H]1CC[C@H]2C(C)(C)C(Br)C(Cl)C[C@]23Oc2c(cc(C(=O)O)c4c2CNC4=O)C[C@]13C. The number of carbonyl (C=O) groups is 2. The van der Waals surface area contributed by atoms with Crippen LogP contribution in [0.5, 0.6) is 5.75 Å². The molecular formula is C24H29BrClNO4. The molecule has 4 aliphatic rings. The molecule has 2 N–H and O–H groups in total. The standard InChI is InChI=1S/C24H29BrClNO4/c1-11-5-6-16-22(2,3)19(25)15(26)9-24(16)23(11,4)8-12-7-13(21(29)30)17-14(18(12)31-24)10-27-20(17)28/h7,11,15-16,19H,5-6,8-10H2,1-4H3,(H,27,28)(H,29,30)/t11-,15?,16-,19?,23+,24-/m0/s1. The number of hydrogen-bond acceptors (Lipinski definition) is 3. The third-order valence-electron chi connectivity index (χ3n) is 9.11. The quantitative estimate of drug-likeness (QED) is 0.512. The molecule has 2 aliphatic heterocycles. The molecule has 1 amide bonds. The van der Waals surface area contributed by atoms with Crippen LogP contribution in [-0.4, -0.2) is 32.8 Å². The molecule has 5 nitrogen and oxygen atoms in total. The molecule has 6 atom stereocenters. The van der Waals surface area contributed by atoms with Crippen molar-refractivity contribution in [2.75, 3.05) is 0 Å². The van der Waals surface area contributed by atoms with Crippen LogP contribution in [0.3, 0.4) is 0 Å². The van der Waals surface area contributed by atoms with E-state index in [0.717, 1.165) is 31.2 Å². The summed E-state index contributed by atoms with van der Waals surface area (Å²) in [6.07, 6.45) is 3.63. The van der Waals surface area contributed by atoms with Gasteiger partial charge >= 0.3 is 5.97 Å². The van der Waals surface area contributed by atoms with Gasteiger partial charge in [-0.25, -0.2) is 4.79 Å². The maximum atomic E-state index is 12.5. The van der Waals surface area contributed by atoms with E-state index in [0.29, 0.717) is 29.7 Å². The normalized spacial score (nSPS) is 40.0. The van der Waals surface area contributed by atoms with E-state index in [-0.39, 0.29) is 38.1 Å². The van der Waals surface area contributed by atoms with E-state index >= 15 is 0 Å². The summed E-state index contributed by atoms with van der Waals surface area (Å²) in [5.74, 6) is 0.0108. The molecule has 0 bridgehead atoms. The molecule has 0 aromatic heterocycles. The predicted octanol–water partition coefficient (Wildman–Crippen LogP) is 5.16. The highest BCUT2D eigenvalue weighted by atomic mass is 79.9. The molecule has 2 fully saturated rings. The summed E-state index contributed by atoms with van der Waals surface area (Å²) in [7, 11) is 0. The lowest BCUT2D eigenvalue weighted by molar-refractivity contribution is -0.207.